The Morgan fingerprint density at radius 2 is 2.33 bits per heavy atom. The van der Waals surface area contributed by atoms with Crippen molar-refractivity contribution in [2.75, 3.05) is 13.1 Å². The third-order valence-corrected chi connectivity index (χ3v) is 2.61. The zero-order chi connectivity index (χ0) is 8.55. The van der Waals surface area contributed by atoms with Crippen molar-refractivity contribution < 1.29 is 0 Å². The van der Waals surface area contributed by atoms with Crippen LogP contribution in [0.5, 0.6) is 0 Å². The quantitative estimate of drug-likeness (QED) is 0.619. The van der Waals surface area contributed by atoms with Crippen molar-refractivity contribution in [2.24, 2.45) is 0 Å². The lowest BCUT2D eigenvalue weighted by molar-refractivity contribution is 0.231. The summed E-state index contributed by atoms with van der Waals surface area (Å²) in [4.78, 5) is 6.74. The molecule has 2 rings (SSSR count). The summed E-state index contributed by atoms with van der Waals surface area (Å²) in [6, 6.07) is 0. The van der Waals surface area contributed by atoms with E-state index in [0.717, 1.165) is 25.5 Å². The molecular weight excluding hydrogens is 150 g/mol. The molecule has 0 N–H and O–H groups in total. The molecule has 0 amide bonds. The monoisotopic (exact) mass is 165 g/mol. The molecule has 0 atom stereocenters. The zero-order valence-electron chi connectivity index (χ0n) is 7.75. The highest BCUT2D eigenvalue weighted by Gasteiger charge is 2.15. The van der Waals surface area contributed by atoms with E-state index in [1.165, 1.54) is 12.2 Å². The number of rotatable bonds is 1. The van der Waals surface area contributed by atoms with E-state index in [1.54, 1.807) is 0 Å². The first-order valence-corrected chi connectivity index (χ1v) is 4.54. The minimum atomic E-state index is 1.07. The van der Waals surface area contributed by atoms with E-state index in [-0.39, 0.29) is 0 Å². The predicted octanol–water partition coefficient (Wildman–Crippen LogP) is 1.03. The molecular formula is C9H15N3. The van der Waals surface area contributed by atoms with Crippen LogP contribution >= 0.6 is 0 Å². The molecule has 0 fully saturated rings. The van der Waals surface area contributed by atoms with Gasteiger partial charge < -0.3 is 4.57 Å². The van der Waals surface area contributed by atoms with Gasteiger partial charge in [0.15, 0.2) is 0 Å². The summed E-state index contributed by atoms with van der Waals surface area (Å²) in [5.41, 5.74) is 1.36. The molecule has 0 unspecified atom stereocenters. The Balaban J connectivity index is 2.24. The molecule has 1 aromatic rings. The number of hydrogen-bond donors (Lipinski definition) is 0. The number of aryl methyl sites for hydroxylation is 1. The Morgan fingerprint density at radius 1 is 1.50 bits per heavy atom. The van der Waals surface area contributed by atoms with Gasteiger partial charge in [0.1, 0.15) is 5.82 Å². The topological polar surface area (TPSA) is 21.1 Å². The van der Waals surface area contributed by atoms with Crippen LogP contribution in [0.4, 0.5) is 0 Å². The van der Waals surface area contributed by atoms with Crippen molar-refractivity contribution in [1.29, 1.82) is 0 Å². The Hall–Kier alpha value is -0.830. The van der Waals surface area contributed by atoms with Crippen LogP contribution < -0.4 is 0 Å². The number of likely N-dealkylation sites (N-methyl/N-ethyl adjacent to an activating group) is 1. The number of hydrogen-bond acceptors (Lipinski definition) is 2. The van der Waals surface area contributed by atoms with Crippen molar-refractivity contribution in [2.45, 2.75) is 26.9 Å². The molecule has 0 saturated carbocycles. The van der Waals surface area contributed by atoms with Gasteiger partial charge in [-0.05, 0) is 13.5 Å². The summed E-state index contributed by atoms with van der Waals surface area (Å²) in [6.07, 6.45) is 2.00. The molecule has 0 bridgehead atoms. The molecule has 0 spiro atoms. The van der Waals surface area contributed by atoms with E-state index in [4.69, 9.17) is 0 Å². The van der Waals surface area contributed by atoms with Gasteiger partial charge in [-0.25, -0.2) is 4.98 Å². The number of nitrogens with zero attached hydrogens (tertiary/aromatic N) is 3. The fourth-order valence-electron chi connectivity index (χ4n) is 1.77. The van der Waals surface area contributed by atoms with Crippen molar-refractivity contribution >= 4 is 0 Å². The van der Waals surface area contributed by atoms with Crippen molar-refractivity contribution in [3.63, 3.8) is 0 Å². The van der Waals surface area contributed by atoms with Crippen molar-refractivity contribution in [3.05, 3.63) is 17.7 Å². The van der Waals surface area contributed by atoms with E-state index in [2.05, 4.69) is 28.3 Å². The van der Waals surface area contributed by atoms with Gasteiger partial charge in [-0.3, -0.25) is 4.90 Å². The number of fused-ring (bicyclic) bond motifs is 1. The smallest absolute Gasteiger partial charge is 0.105 e. The Bertz CT molecular complexity index is 277. The summed E-state index contributed by atoms with van der Waals surface area (Å²) >= 11 is 0. The van der Waals surface area contributed by atoms with E-state index >= 15 is 0 Å². The third kappa shape index (κ3) is 1.14. The normalized spacial score (nSPS) is 17.8. The SMILES string of the molecule is CCN1CCn2c(cnc2C)C1. The van der Waals surface area contributed by atoms with Crippen LogP contribution in [-0.2, 0) is 13.1 Å². The summed E-state index contributed by atoms with van der Waals surface area (Å²) in [5, 5.41) is 0. The molecule has 0 radical (unpaired) electrons. The lowest BCUT2D eigenvalue weighted by Gasteiger charge is -2.27. The maximum Gasteiger partial charge on any atom is 0.105 e. The minimum absolute atomic E-state index is 1.07. The van der Waals surface area contributed by atoms with Gasteiger partial charge in [0.05, 0.1) is 5.69 Å². The molecule has 66 valence electrons. The highest BCUT2D eigenvalue weighted by atomic mass is 15.2. The van der Waals surface area contributed by atoms with Gasteiger partial charge in [-0.2, -0.15) is 0 Å². The second-order valence-electron chi connectivity index (χ2n) is 3.32. The minimum Gasteiger partial charge on any atom is -0.330 e. The maximum absolute atomic E-state index is 4.30. The lowest BCUT2D eigenvalue weighted by atomic mass is 10.3. The summed E-state index contributed by atoms with van der Waals surface area (Å²) in [7, 11) is 0. The Morgan fingerprint density at radius 3 is 3.08 bits per heavy atom. The molecule has 1 aromatic heterocycles. The summed E-state index contributed by atoms with van der Waals surface area (Å²) in [6.45, 7) is 8.77. The van der Waals surface area contributed by atoms with Crippen LogP contribution in [0.15, 0.2) is 6.20 Å². The molecule has 3 nitrogen and oxygen atoms in total. The predicted molar refractivity (Wildman–Crippen MR) is 47.9 cm³/mol. The van der Waals surface area contributed by atoms with Crippen LogP contribution in [0.1, 0.15) is 18.4 Å². The standard InChI is InChI=1S/C9H15N3/c1-3-11-4-5-12-8(2)10-6-9(12)7-11/h6H,3-5,7H2,1-2H3. The van der Waals surface area contributed by atoms with E-state index < -0.39 is 0 Å². The van der Waals surface area contributed by atoms with E-state index in [0.29, 0.717) is 0 Å². The Kier molecular flexibility index (Phi) is 1.89. The maximum atomic E-state index is 4.30. The molecule has 1 aliphatic rings. The molecule has 0 aliphatic carbocycles. The third-order valence-electron chi connectivity index (χ3n) is 2.61. The molecule has 2 heterocycles. The highest BCUT2D eigenvalue weighted by Crippen LogP contribution is 2.13. The van der Waals surface area contributed by atoms with E-state index in [9.17, 15) is 0 Å². The van der Waals surface area contributed by atoms with Crippen LogP contribution in [0.2, 0.25) is 0 Å². The fourth-order valence-corrected chi connectivity index (χ4v) is 1.77. The lowest BCUT2D eigenvalue weighted by Crippen LogP contribution is -2.33. The molecule has 0 aromatic carbocycles. The van der Waals surface area contributed by atoms with Crippen LogP contribution in [0, 0.1) is 6.92 Å². The zero-order valence-corrected chi connectivity index (χ0v) is 7.75. The van der Waals surface area contributed by atoms with Crippen molar-refractivity contribution in [3.8, 4) is 0 Å². The van der Waals surface area contributed by atoms with Crippen molar-refractivity contribution in [1.82, 2.24) is 14.5 Å². The summed E-state index contributed by atoms with van der Waals surface area (Å²) < 4.78 is 2.31. The number of imidazole rings is 1. The highest BCUT2D eigenvalue weighted by molar-refractivity contribution is 5.06. The first-order valence-electron chi connectivity index (χ1n) is 4.54. The summed E-state index contributed by atoms with van der Waals surface area (Å²) in [5.74, 6) is 1.15. The second kappa shape index (κ2) is 2.90. The van der Waals surface area contributed by atoms with Crippen LogP contribution in [-0.4, -0.2) is 27.5 Å². The Labute approximate surface area is 73.0 Å². The average Bonchev–Trinajstić information content (AvgIpc) is 2.47. The largest absolute Gasteiger partial charge is 0.330 e. The van der Waals surface area contributed by atoms with Gasteiger partial charge in [0.2, 0.25) is 0 Å². The first-order chi connectivity index (χ1) is 5.81. The average molecular weight is 165 g/mol. The molecule has 3 heteroatoms. The number of aromatic nitrogens is 2. The van der Waals surface area contributed by atoms with Crippen LogP contribution in [0.25, 0.3) is 0 Å². The van der Waals surface area contributed by atoms with Gasteiger partial charge in [0.25, 0.3) is 0 Å². The van der Waals surface area contributed by atoms with Gasteiger partial charge in [0, 0.05) is 25.8 Å². The fraction of sp³-hybridized carbons (Fsp3) is 0.667. The second-order valence-corrected chi connectivity index (χ2v) is 3.32. The molecule has 1 aliphatic heterocycles. The van der Waals surface area contributed by atoms with Gasteiger partial charge in [-0.1, -0.05) is 6.92 Å². The van der Waals surface area contributed by atoms with Gasteiger partial charge in [-0.15, -0.1) is 0 Å². The van der Waals surface area contributed by atoms with Gasteiger partial charge >= 0.3 is 0 Å². The first kappa shape index (κ1) is 7.80. The molecule has 12 heavy (non-hydrogen) atoms. The van der Waals surface area contributed by atoms with E-state index in [1.807, 2.05) is 6.20 Å². The van der Waals surface area contributed by atoms with Crippen LogP contribution in [0.3, 0.4) is 0 Å². The molecule has 0 saturated heterocycles.